The molecule has 0 aliphatic heterocycles. The quantitative estimate of drug-likeness (QED) is 0.507. The van der Waals surface area contributed by atoms with Crippen LogP contribution in [0.25, 0.3) is 10.4 Å². The molecule has 0 saturated carbocycles. The number of rotatable bonds is 1. The molecule has 0 radical (unpaired) electrons. The normalized spacial score (nSPS) is 10.2. The first kappa shape index (κ1) is 9.06. The fraction of sp³-hybridized carbons (Fsp3) is 0.100. The lowest BCUT2D eigenvalue weighted by atomic mass is 10.1. The van der Waals surface area contributed by atoms with Crippen LogP contribution in [-0.4, -0.2) is 0 Å². The maximum absolute atomic E-state index is 5.11. The maximum atomic E-state index is 5.11. The van der Waals surface area contributed by atoms with Gasteiger partial charge in [-0.3, -0.25) is 0 Å². The second kappa shape index (κ2) is 3.70. The summed E-state index contributed by atoms with van der Waals surface area (Å²) in [5, 5.41) is 0. The fourth-order valence-electron chi connectivity index (χ4n) is 1.21. The van der Waals surface area contributed by atoms with E-state index in [2.05, 4.69) is 37.3 Å². The van der Waals surface area contributed by atoms with Crippen molar-refractivity contribution < 1.29 is 0 Å². The molecule has 2 aromatic rings. The summed E-state index contributed by atoms with van der Waals surface area (Å²) in [6.07, 6.45) is 0. The summed E-state index contributed by atoms with van der Waals surface area (Å²) >= 11 is 5.11. The fourth-order valence-corrected chi connectivity index (χ4v) is 3.68. The lowest BCUT2D eigenvalue weighted by Gasteiger charge is -2.00. The molecular formula is C10H8S3. The van der Waals surface area contributed by atoms with E-state index in [9.17, 15) is 0 Å². The SMILES string of the molecule is Cc1ccccc1-c1cc(=S)ss1. The van der Waals surface area contributed by atoms with Crippen LogP contribution in [-0.2, 0) is 0 Å². The molecule has 0 bridgehead atoms. The molecule has 0 saturated heterocycles. The first-order chi connectivity index (χ1) is 6.27. The van der Waals surface area contributed by atoms with E-state index in [1.807, 2.05) is 0 Å². The predicted octanol–water partition coefficient (Wildman–Crippen LogP) is 4.51. The van der Waals surface area contributed by atoms with E-state index >= 15 is 0 Å². The largest absolute Gasteiger partial charge is 0.102 e. The van der Waals surface area contributed by atoms with Gasteiger partial charge in [0.25, 0.3) is 0 Å². The number of benzene rings is 1. The van der Waals surface area contributed by atoms with E-state index < -0.39 is 0 Å². The Morgan fingerprint density at radius 3 is 2.54 bits per heavy atom. The Hall–Kier alpha value is -0.510. The highest BCUT2D eigenvalue weighted by atomic mass is 32.9. The molecule has 1 aromatic carbocycles. The van der Waals surface area contributed by atoms with Crippen molar-refractivity contribution in [3.63, 3.8) is 0 Å². The van der Waals surface area contributed by atoms with E-state index in [0.717, 1.165) is 3.82 Å². The average molecular weight is 224 g/mol. The summed E-state index contributed by atoms with van der Waals surface area (Å²) < 4.78 is 0.975. The van der Waals surface area contributed by atoms with Gasteiger partial charge in [-0.2, -0.15) is 0 Å². The number of hydrogen-bond acceptors (Lipinski definition) is 3. The van der Waals surface area contributed by atoms with Crippen molar-refractivity contribution in [2.75, 3.05) is 0 Å². The van der Waals surface area contributed by atoms with Crippen LogP contribution in [0.3, 0.4) is 0 Å². The van der Waals surface area contributed by atoms with Crippen LogP contribution in [0.1, 0.15) is 5.56 Å². The highest BCUT2D eigenvalue weighted by molar-refractivity contribution is 7.80. The van der Waals surface area contributed by atoms with Gasteiger partial charge in [0.15, 0.2) is 0 Å². The highest BCUT2D eigenvalue weighted by Crippen LogP contribution is 2.31. The van der Waals surface area contributed by atoms with Gasteiger partial charge in [-0.1, -0.05) is 57.2 Å². The Balaban J connectivity index is 2.58. The summed E-state index contributed by atoms with van der Waals surface area (Å²) in [4.78, 5) is 1.29. The van der Waals surface area contributed by atoms with Gasteiger partial charge >= 0.3 is 0 Å². The van der Waals surface area contributed by atoms with Crippen molar-refractivity contribution >= 4 is 32.9 Å². The Bertz CT molecular complexity index is 465. The molecule has 0 amide bonds. The van der Waals surface area contributed by atoms with Gasteiger partial charge < -0.3 is 0 Å². The zero-order chi connectivity index (χ0) is 9.26. The Morgan fingerprint density at radius 2 is 1.92 bits per heavy atom. The zero-order valence-electron chi connectivity index (χ0n) is 7.11. The molecule has 0 atom stereocenters. The van der Waals surface area contributed by atoms with E-state index in [1.54, 1.807) is 20.7 Å². The lowest BCUT2D eigenvalue weighted by Crippen LogP contribution is -1.77. The third-order valence-electron chi connectivity index (χ3n) is 1.87. The molecule has 0 fully saturated rings. The standard InChI is InChI=1S/C10H8S3/c1-7-4-2-3-5-8(7)9-6-10(11)13-12-9/h2-6H,1H3. The summed E-state index contributed by atoms with van der Waals surface area (Å²) in [5.41, 5.74) is 2.62. The van der Waals surface area contributed by atoms with E-state index in [-0.39, 0.29) is 0 Å². The average Bonchev–Trinajstić information content (AvgIpc) is 2.53. The minimum atomic E-state index is 0.975. The molecule has 0 nitrogen and oxygen atoms in total. The minimum Gasteiger partial charge on any atom is -0.0785 e. The summed E-state index contributed by atoms with van der Waals surface area (Å²) in [6, 6.07) is 10.5. The molecule has 13 heavy (non-hydrogen) atoms. The zero-order valence-corrected chi connectivity index (χ0v) is 9.56. The van der Waals surface area contributed by atoms with Crippen LogP contribution in [0, 0.1) is 10.7 Å². The highest BCUT2D eigenvalue weighted by Gasteiger charge is 2.01. The molecule has 0 spiro atoms. The van der Waals surface area contributed by atoms with Crippen molar-refractivity contribution in [1.82, 2.24) is 0 Å². The van der Waals surface area contributed by atoms with Gasteiger partial charge in [0.05, 0.1) is 0 Å². The van der Waals surface area contributed by atoms with Gasteiger partial charge in [-0.15, -0.1) is 0 Å². The molecule has 0 unspecified atom stereocenters. The van der Waals surface area contributed by atoms with Crippen molar-refractivity contribution in [2.24, 2.45) is 0 Å². The first-order valence-corrected chi connectivity index (χ1v) is 6.49. The molecule has 3 heteroatoms. The van der Waals surface area contributed by atoms with Crippen LogP contribution in [0.2, 0.25) is 0 Å². The molecule has 0 aliphatic carbocycles. The van der Waals surface area contributed by atoms with Gasteiger partial charge in [0.2, 0.25) is 0 Å². The van der Waals surface area contributed by atoms with Crippen molar-refractivity contribution in [1.29, 1.82) is 0 Å². The van der Waals surface area contributed by atoms with E-state index in [0.29, 0.717) is 0 Å². The van der Waals surface area contributed by atoms with Crippen LogP contribution in [0.4, 0.5) is 0 Å². The third kappa shape index (κ3) is 1.88. The minimum absolute atomic E-state index is 0.975. The summed E-state index contributed by atoms with van der Waals surface area (Å²) in [5.74, 6) is 0. The van der Waals surface area contributed by atoms with Crippen LogP contribution in [0.5, 0.6) is 0 Å². The molecule has 1 heterocycles. The topological polar surface area (TPSA) is 0 Å². The van der Waals surface area contributed by atoms with E-state index in [1.165, 1.54) is 16.0 Å². The van der Waals surface area contributed by atoms with Crippen molar-refractivity contribution in [3.05, 3.63) is 39.7 Å². The molecule has 66 valence electrons. The van der Waals surface area contributed by atoms with Gasteiger partial charge in [-0.25, -0.2) is 0 Å². The second-order valence-corrected chi connectivity index (χ2v) is 5.72. The molecule has 1 aromatic heterocycles. The molecular weight excluding hydrogens is 216 g/mol. The number of aryl methyl sites for hydroxylation is 1. The van der Waals surface area contributed by atoms with Crippen molar-refractivity contribution in [3.8, 4) is 10.4 Å². The smallest absolute Gasteiger partial charge is 0.0785 e. The monoisotopic (exact) mass is 224 g/mol. The van der Waals surface area contributed by atoms with Crippen molar-refractivity contribution in [2.45, 2.75) is 6.92 Å². The number of hydrogen-bond donors (Lipinski definition) is 0. The summed E-state index contributed by atoms with van der Waals surface area (Å²) in [6.45, 7) is 2.13. The Labute approximate surface area is 89.9 Å². The van der Waals surface area contributed by atoms with Crippen LogP contribution in [0.15, 0.2) is 30.3 Å². The maximum Gasteiger partial charge on any atom is 0.102 e. The second-order valence-electron chi connectivity index (χ2n) is 2.81. The Kier molecular flexibility index (Phi) is 2.58. The molecule has 0 N–H and O–H groups in total. The predicted molar refractivity (Wildman–Crippen MR) is 63.2 cm³/mol. The third-order valence-corrected chi connectivity index (χ3v) is 4.77. The van der Waals surface area contributed by atoms with E-state index in [4.69, 9.17) is 12.2 Å². The van der Waals surface area contributed by atoms with Gasteiger partial charge in [0.1, 0.15) is 3.82 Å². The van der Waals surface area contributed by atoms with Gasteiger partial charge in [0, 0.05) is 4.88 Å². The molecule has 2 rings (SSSR count). The molecule has 0 aliphatic rings. The summed E-state index contributed by atoms with van der Waals surface area (Å²) in [7, 11) is 3.42. The first-order valence-electron chi connectivity index (χ1n) is 3.93. The van der Waals surface area contributed by atoms with Gasteiger partial charge in [-0.05, 0) is 24.1 Å². The Morgan fingerprint density at radius 1 is 1.15 bits per heavy atom. The lowest BCUT2D eigenvalue weighted by molar-refractivity contribution is 1.48. The van der Waals surface area contributed by atoms with Crippen LogP contribution >= 0.6 is 32.9 Å². The van der Waals surface area contributed by atoms with Crippen LogP contribution < -0.4 is 0 Å².